The van der Waals surface area contributed by atoms with Crippen molar-refractivity contribution in [2.75, 3.05) is 13.1 Å². The van der Waals surface area contributed by atoms with E-state index in [2.05, 4.69) is 36.5 Å². The van der Waals surface area contributed by atoms with Gasteiger partial charge in [0.25, 0.3) is 0 Å². The van der Waals surface area contributed by atoms with Crippen LogP contribution in [0.5, 0.6) is 0 Å². The second-order valence-electron chi connectivity index (χ2n) is 5.07. The molecule has 1 unspecified atom stereocenters. The van der Waals surface area contributed by atoms with Crippen molar-refractivity contribution in [2.24, 2.45) is 0 Å². The van der Waals surface area contributed by atoms with E-state index in [1.165, 1.54) is 11.1 Å². The summed E-state index contributed by atoms with van der Waals surface area (Å²) in [5.41, 5.74) is 2.66. The molecule has 1 aliphatic heterocycles. The molecule has 3 N–H and O–H groups in total. The quantitative estimate of drug-likeness (QED) is 0.745. The lowest BCUT2D eigenvalue weighted by Crippen LogP contribution is -2.29. The van der Waals surface area contributed by atoms with Crippen molar-refractivity contribution in [1.29, 1.82) is 0 Å². The predicted octanol–water partition coefficient (Wildman–Crippen LogP) is 2.22. The Kier molecular flexibility index (Phi) is 6.65. The van der Waals surface area contributed by atoms with Crippen molar-refractivity contribution in [2.45, 2.75) is 31.1 Å². The maximum absolute atomic E-state index is 9.64. The van der Waals surface area contributed by atoms with Gasteiger partial charge in [-0.1, -0.05) is 24.3 Å². The van der Waals surface area contributed by atoms with Gasteiger partial charge in [-0.05, 0) is 31.0 Å². The summed E-state index contributed by atoms with van der Waals surface area (Å²) < 4.78 is 0. The number of alkyl halides is 1. The van der Waals surface area contributed by atoms with Crippen molar-refractivity contribution in [1.82, 2.24) is 5.32 Å². The Morgan fingerprint density at radius 1 is 1.24 bits per heavy atom. The van der Waals surface area contributed by atoms with Crippen LogP contribution in [0.1, 0.15) is 30.9 Å². The van der Waals surface area contributed by atoms with Crippen LogP contribution in [0.2, 0.25) is 0 Å². The lowest BCUT2D eigenvalue weighted by atomic mass is 9.95. The Morgan fingerprint density at radius 2 is 1.81 bits per heavy atom. The summed E-state index contributed by atoms with van der Waals surface area (Å²) in [5.74, 6) is -2.15. The molecule has 21 heavy (non-hydrogen) atoms. The summed E-state index contributed by atoms with van der Waals surface area (Å²) in [5, 5.41) is 19.2. The highest BCUT2D eigenvalue weighted by atomic mass is 35.5. The summed E-state index contributed by atoms with van der Waals surface area (Å²) in [6.07, 6.45) is 0.489. The molecule has 0 aliphatic carbocycles. The number of aliphatic carboxylic acids is 2. The summed E-state index contributed by atoms with van der Waals surface area (Å²) in [6, 6.07) is 8.44. The summed E-state index contributed by atoms with van der Waals surface area (Å²) in [4.78, 5) is 19.0. The lowest BCUT2D eigenvalue weighted by Gasteiger charge is -2.22. The van der Waals surface area contributed by atoms with E-state index < -0.39 is 11.9 Å². The number of fused-ring (bicyclic) bond motifs is 1. The topological polar surface area (TPSA) is 86.6 Å². The van der Waals surface area contributed by atoms with Gasteiger partial charge in [-0.25, -0.2) is 0 Å². The molecular weight excluding hydrogens is 294 g/mol. The number of hydrogen-bond acceptors (Lipinski definition) is 3. The average molecular weight is 314 g/mol. The van der Waals surface area contributed by atoms with Crippen LogP contribution in [0.15, 0.2) is 24.3 Å². The molecule has 0 spiro atoms. The van der Waals surface area contributed by atoms with E-state index in [0.29, 0.717) is 0 Å². The van der Waals surface area contributed by atoms with Crippen LogP contribution < -0.4 is 5.32 Å². The maximum Gasteiger partial charge on any atom is 0.303 e. The third-order valence-electron chi connectivity index (χ3n) is 3.16. The zero-order valence-electron chi connectivity index (χ0n) is 11.9. The molecular formula is C15H20ClNO4. The monoisotopic (exact) mass is 313 g/mol. The van der Waals surface area contributed by atoms with E-state index in [1.54, 1.807) is 0 Å². The Bertz CT molecular complexity index is 488. The highest BCUT2D eigenvalue weighted by Gasteiger charge is 2.27. The van der Waals surface area contributed by atoms with Crippen LogP contribution >= 0.6 is 11.6 Å². The third-order valence-corrected chi connectivity index (χ3v) is 3.50. The zero-order chi connectivity index (χ0) is 15.9. The molecule has 1 aromatic rings. The van der Waals surface area contributed by atoms with Crippen molar-refractivity contribution < 1.29 is 19.8 Å². The molecule has 0 fully saturated rings. The zero-order valence-corrected chi connectivity index (χ0v) is 12.7. The SMILES string of the molecule is CC1(Cl)CNCCc2ccccc21.O=C(O)CCC(=O)O. The molecule has 116 valence electrons. The number of halogens is 1. The second-order valence-corrected chi connectivity index (χ2v) is 5.90. The molecule has 5 nitrogen and oxygen atoms in total. The van der Waals surface area contributed by atoms with Crippen LogP contribution in [0.3, 0.4) is 0 Å². The smallest absolute Gasteiger partial charge is 0.303 e. The molecule has 1 aromatic carbocycles. The Labute approximate surface area is 128 Å². The number of carboxylic acids is 2. The fourth-order valence-corrected chi connectivity index (χ4v) is 2.38. The molecule has 1 atom stereocenters. The van der Waals surface area contributed by atoms with Gasteiger partial charge in [0.15, 0.2) is 0 Å². The lowest BCUT2D eigenvalue weighted by molar-refractivity contribution is -0.143. The standard InChI is InChI=1S/C11H14ClN.C4H6O4/c1-11(12)8-13-7-6-9-4-2-3-5-10(9)11;5-3(6)1-2-4(7)8/h2-5,13H,6-8H2,1H3;1-2H2,(H,5,6)(H,7,8). The fourth-order valence-electron chi connectivity index (χ4n) is 2.10. The average Bonchev–Trinajstić information content (AvgIpc) is 2.57. The van der Waals surface area contributed by atoms with E-state index in [-0.39, 0.29) is 17.7 Å². The number of carboxylic acid groups (broad SMARTS) is 2. The van der Waals surface area contributed by atoms with Crippen LogP contribution in [-0.4, -0.2) is 35.2 Å². The van der Waals surface area contributed by atoms with Gasteiger partial charge in [0.2, 0.25) is 0 Å². The van der Waals surface area contributed by atoms with Gasteiger partial charge in [0.1, 0.15) is 0 Å². The molecule has 0 aromatic heterocycles. The molecule has 1 aliphatic rings. The van der Waals surface area contributed by atoms with Crippen LogP contribution in [0.25, 0.3) is 0 Å². The summed E-state index contributed by atoms with van der Waals surface area (Å²) in [7, 11) is 0. The highest BCUT2D eigenvalue weighted by molar-refractivity contribution is 6.24. The highest BCUT2D eigenvalue weighted by Crippen LogP contribution is 2.32. The molecule has 0 radical (unpaired) electrons. The second kappa shape index (κ2) is 8.00. The largest absolute Gasteiger partial charge is 0.481 e. The molecule has 0 saturated carbocycles. The molecule has 0 amide bonds. The Hall–Kier alpha value is -1.59. The first-order valence-electron chi connectivity index (χ1n) is 6.74. The first-order valence-corrected chi connectivity index (χ1v) is 7.12. The van der Waals surface area contributed by atoms with Gasteiger partial charge in [-0.2, -0.15) is 0 Å². The molecule has 0 saturated heterocycles. The normalized spacial score (nSPS) is 20.5. The minimum atomic E-state index is -1.08. The summed E-state index contributed by atoms with van der Waals surface area (Å²) in [6.45, 7) is 3.95. The first kappa shape index (κ1) is 17.5. The minimum Gasteiger partial charge on any atom is -0.481 e. The number of carbonyl (C=O) groups is 2. The number of hydrogen-bond donors (Lipinski definition) is 3. The Morgan fingerprint density at radius 3 is 2.38 bits per heavy atom. The van der Waals surface area contributed by atoms with E-state index in [9.17, 15) is 9.59 Å². The number of benzene rings is 1. The van der Waals surface area contributed by atoms with Crippen molar-refractivity contribution in [3.8, 4) is 0 Å². The fraction of sp³-hybridized carbons (Fsp3) is 0.467. The molecule has 0 bridgehead atoms. The molecule has 6 heteroatoms. The van der Waals surface area contributed by atoms with Gasteiger partial charge < -0.3 is 15.5 Å². The van der Waals surface area contributed by atoms with Crippen LogP contribution in [0, 0.1) is 0 Å². The van der Waals surface area contributed by atoms with Gasteiger partial charge in [0, 0.05) is 6.54 Å². The summed E-state index contributed by atoms with van der Waals surface area (Å²) >= 11 is 6.44. The van der Waals surface area contributed by atoms with Crippen LogP contribution in [-0.2, 0) is 20.9 Å². The first-order chi connectivity index (χ1) is 9.83. The van der Waals surface area contributed by atoms with Crippen LogP contribution in [0.4, 0.5) is 0 Å². The molecule has 1 heterocycles. The molecule has 2 rings (SSSR count). The van der Waals surface area contributed by atoms with E-state index >= 15 is 0 Å². The maximum atomic E-state index is 9.64. The Balaban J connectivity index is 0.000000240. The van der Waals surface area contributed by atoms with Gasteiger partial charge >= 0.3 is 11.9 Å². The van der Waals surface area contributed by atoms with Gasteiger partial charge in [-0.3, -0.25) is 9.59 Å². The third kappa shape index (κ3) is 6.14. The minimum absolute atomic E-state index is 0.243. The van der Waals surface area contributed by atoms with Crippen molar-refractivity contribution >= 4 is 23.5 Å². The predicted molar refractivity (Wildman–Crippen MR) is 80.7 cm³/mol. The van der Waals surface area contributed by atoms with E-state index in [1.807, 2.05) is 0 Å². The van der Waals surface area contributed by atoms with Crippen molar-refractivity contribution in [3.63, 3.8) is 0 Å². The number of rotatable bonds is 3. The van der Waals surface area contributed by atoms with Gasteiger partial charge in [-0.15, -0.1) is 11.6 Å². The van der Waals surface area contributed by atoms with E-state index in [0.717, 1.165) is 19.5 Å². The van der Waals surface area contributed by atoms with E-state index in [4.69, 9.17) is 21.8 Å². The van der Waals surface area contributed by atoms with Gasteiger partial charge in [0.05, 0.1) is 17.7 Å². The van der Waals surface area contributed by atoms with Crippen molar-refractivity contribution in [3.05, 3.63) is 35.4 Å². The number of nitrogens with one attached hydrogen (secondary N) is 1.